The summed E-state index contributed by atoms with van der Waals surface area (Å²) < 4.78 is 4.89. The van der Waals surface area contributed by atoms with Crippen molar-refractivity contribution in [1.29, 1.82) is 0 Å². The molecule has 2 bridgehead atoms. The van der Waals surface area contributed by atoms with Gasteiger partial charge in [0.2, 0.25) is 0 Å². The summed E-state index contributed by atoms with van der Waals surface area (Å²) in [7, 11) is 0. The van der Waals surface area contributed by atoms with Crippen LogP contribution in [0.2, 0.25) is 0 Å². The molecule has 1 N–H and O–H groups in total. The van der Waals surface area contributed by atoms with Gasteiger partial charge in [0.15, 0.2) is 0 Å². The van der Waals surface area contributed by atoms with Gasteiger partial charge in [-0.05, 0) is 43.6 Å². The lowest BCUT2D eigenvalue weighted by Crippen LogP contribution is -2.34. The Morgan fingerprint density at radius 1 is 1.29 bits per heavy atom. The molecule has 28 heavy (non-hydrogen) atoms. The molecule has 0 heterocycles. The Hall–Kier alpha value is -2.77. The first-order valence-corrected chi connectivity index (χ1v) is 9.44. The van der Waals surface area contributed by atoms with Crippen molar-refractivity contribution in [1.82, 2.24) is 5.43 Å². The number of rotatable bonds is 5. The number of amides is 1. The molecule has 0 aliphatic heterocycles. The third-order valence-corrected chi connectivity index (χ3v) is 6.71. The Morgan fingerprint density at radius 3 is 2.50 bits per heavy atom. The number of nitro benzene ring substituents is 1. The molecule has 0 radical (unpaired) electrons. The number of hydrogen-bond donors (Lipinski definition) is 1. The molecule has 2 saturated carbocycles. The van der Waals surface area contributed by atoms with E-state index >= 15 is 0 Å². The molecule has 2 fully saturated rings. The van der Waals surface area contributed by atoms with Crippen molar-refractivity contribution in [2.45, 2.75) is 47.0 Å². The number of non-ortho nitro benzene ring substituents is 1. The molecule has 2 aliphatic carbocycles. The third kappa shape index (κ3) is 3.16. The van der Waals surface area contributed by atoms with Gasteiger partial charge in [0.25, 0.3) is 11.6 Å². The first-order chi connectivity index (χ1) is 13.1. The quantitative estimate of drug-likeness (QED) is 0.470. The Balaban J connectivity index is 1.85. The van der Waals surface area contributed by atoms with Gasteiger partial charge in [-0.1, -0.05) is 20.8 Å². The number of benzene rings is 1. The summed E-state index contributed by atoms with van der Waals surface area (Å²) in [6.45, 7) is 8.42. The summed E-state index contributed by atoms with van der Waals surface area (Å²) in [6, 6.07) is 3.51. The maximum absolute atomic E-state index is 12.6. The number of carbonyl (C=O) groups excluding carboxylic acids is 2. The number of hydrogen-bond acceptors (Lipinski definition) is 6. The summed E-state index contributed by atoms with van der Waals surface area (Å²) >= 11 is 0. The van der Waals surface area contributed by atoms with E-state index < -0.39 is 16.8 Å². The summed E-state index contributed by atoms with van der Waals surface area (Å²) in [5.41, 5.74) is 3.15. The van der Waals surface area contributed by atoms with Gasteiger partial charge < -0.3 is 4.74 Å². The van der Waals surface area contributed by atoms with Crippen molar-refractivity contribution >= 4 is 23.3 Å². The molecule has 3 rings (SSSR count). The molecule has 1 amide bonds. The van der Waals surface area contributed by atoms with Gasteiger partial charge in [-0.15, -0.1) is 0 Å². The van der Waals surface area contributed by atoms with E-state index in [1.165, 1.54) is 6.07 Å². The molecule has 8 nitrogen and oxygen atoms in total. The lowest BCUT2D eigenvalue weighted by atomic mass is 9.70. The predicted molar refractivity (Wildman–Crippen MR) is 103 cm³/mol. The summed E-state index contributed by atoms with van der Waals surface area (Å²) in [5, 5.41) is 15.5. The van der Waals surface area contributed by atoms with Crippen LogP contribution in [0.3, 0.4) is 0 Å². The van der Waals surface area contributed by atoms with Gasteiger partial charge in [-0.25, -0.2) is 10.2 Å². The minimum atomic E-state index is -0.714. The summed E-state index contributed by atoms with van der Waals surface area (Å²) in [5.74, 6) is -0.763. The lowest BCUT2D eigenvalue weighted by molar-refractivity contribution is -0.384. The topological polar surface area (TPSA) is 111 Å². The highest BCUT2D eigenvalue weighted by Gasteiger charge is 2.60. The van der Waals surface area contributed by atoms with Crippen LogP contribution in [0, 0.1) is 26.9 Å². The molecule has 0 aromatic heterocycles. The van der Waals surface area contributed by atoms with Crippen molar-refractivity contribution in [3.8, 4) is 0 Å². The van der Waals surface area contributed by atoms with E-state index in [9.17, 15) is 19.7 Å². The zero-order valence-electron chi connectivity index (χ0n) is 16.6. The standard InChI is InChI=1S/C20H25N3O5/c1-5-28-18(25)13-8-12(9-15(10-13)23(26)27)17(24)22-21-16-11-14-6-7-20(16,4)19(14,2)3/h8-10,14H,5-7,11H2,1-4H3,(H,22,24)/b21-16-/t14-,20+/m1/s1. The minimum absolute atomic E-state index is 0.00540. The SMILES string of the molecule is CCOC(=O)c1cc(C(=O)N/N=C2/C[C@H]3CC[C@]2(C)C3(C)C)cc([N+](=O)[O-])c1. The number of nitro groups is 1. The number of carbonyl (C=O) groups is 2. The van der Waals surface area contributed by atoms with E-state index in [1.54, 1.807) is 6.92 Å². The van der Waals surface area contributed by atoms with Crippen LogP contribution in [0.1, 0.15) is 67.7 Å². The molecule has 150 valence electrons. The normalized spacial score (nSPS) is 26.3. The monoisotopic (exact) mass is 387 g/mol. The highest BCUT2D eigenvalue weighted by atomic mass is 16.6. The van der Waals surface area contributed by atoms with Crippen LogP contribution in [0.15, 0.2) is 23.3 Å². The smallest absolute Gasteiger partial charge is 0.338 e. The largest absolute Gasteiger partial charge is 0.462 e. The van der Waals surface area contributed by atoms with Gasteiger partial charge >= 0.3 is 5.97 Å². The first-order valence-electron chi connectivity index (χ1n) is 9.44. The second kappa shape index (κ2) is 7.00. The zero-order chi connectivity index (χ0) is 20.7. The highest BCUT2D eigenvalue weighted by molar-refractivity contribution is 6.00. The van der Waals surface area contributed by atoms with Crippen LogP contribution in [0.25, 0.3) is 0 Å². The Kier molecular flexibility index (Phi) is 4.99. The number of nitrogens with zero attached hydrogens (tertiary/aromatic N) is 2. The maximum Gasteiger partial charge on any atom is 0.338 e. The second-order valence-electron chi connectivity index (χ2n) is 8.24. The van der Waals surface area contributed by atoms with Crippen molar-refractivity contribution in [3.05, 3.63) is 39.4 Å². The Labute approximate surface area is 163 Å². The van der Waals surface area contributed by atoms with Crippen molar-refractivity contribution < 1.29 is 19.2 Å². The highest BCUT2D eigenvalue weighted by Crippen LogP contribution is 2.63. The van der Waals surface area contributed by atoms with E-state index in [4.69, 9.17) is 4.74 Å². The van der Waals surface area contributed by atoms with Crippen molar-refractivity contribution in [2.75, 3.05) is 6.61 Å². The fourth-order valence-corrected chi connectivity index (χ4v) is 4.46. The molecule has 0 spiro atoms. The van der Waals surface area contributed by atoms with E-state index in [2.05, 4.69) is 31.3 Å². The Bertz CT molecular complexity index is 877. The fourth-order valence-electron chi connectivity index (χ4n) is 4.46. The van der Waals surface area contributed by atoms with E-state index in [0.717, 1.165) is 37.1 Å². The van der Waals surface area contributed by atoms with Crippen LogP contribution in [0.5, 0.6) is 0 Å². The minimum Gasteiger partial charge on any atom is -0.462 e. The van der Waals surface area contributed by atoms with Crippen LogP contribution in [0.4, 0.5) is 5.69 Å². The average Bonchev–Trinajstić information content (AvgIpc) is 2.99. The third-order valence-electron chi connectivity index (χ3n) is 6.71. The van der Waals surface area contributed by atoms with Gasteiger partial charge in [0.1, 0.15) is 0 Å². The van der Waals surface area contributed by atoms with Crippen molar-refractivity contribution in [2.24, 2.45) is 21.8 Å². The second-order valence-corrected chi connectivity index (χ2v) is 8.24. The number of nitrogens with one attached hydrogen (secondary N) is 1. The summed E-state index contributed by atoms with van der Waals surface area (Å²) in [4.78, 5) is 35.1. The molecule has 1 aromatic rings. The molecule has 2 aliphatic rings. The molecular formula is C20H25N3O5. The Morgan fingerprint density at radius 2 is 1.96 bits per heavy atom. The van der Waals surface area contributed by atoms with Crippen molar-refractivity contribution in [3.63, 3.8) is 0 Å². The van der Waals surface area contributed by atoms with E-state index in [1.807, 2.05) is 0 Å². The number of fused-ring (bicyclic) bond motifs is 2. The predicted octanol–water partition coefficient (Wildman–Crippen LogP) is 3.70. The van der Waals surface area contributed by atoms with Gasteiger partial charge in [-0.3, -0.25) is 14.9 Å². The van der Waals surface area contributed by atoms with E-state index in [0.29, 0.717) is 5.92 Å². The van der Waals surface area contributed by atoms with Crippen LogP contribution in [-0.4, -0.2) is 29.1 Å². The molecule has 8 heteroatoms. The molecular weight excluding hydrogens is 362 g/mol. The van der Waals surface area contributed by atoms with Gasteiger partial charge in [0, 0.05) is 28.8 Å². The number of hydrazone groups is 1. The molecule has 2 atom stereocenters. The average molecular weight is 387 g/mol. The molecule has 0 unspecified atom stereocenters. The summed E-state index contributed by atoms with van der Waals surface area (Å²) in [6.07, 6.45) is 3.03. The zero-order valence-corrected chi connectivity index (χ0v) is 16.6. The number of esters is 1. The van der Waals surface area contributed by atoms with Crippen LogP contribution < -0.4 is 5.43 Å². The fraction of sp³-hybridized carbons (Fsp3) is 0.550. The van der Waals surface area contributed by atoms with Crippen LogP contribution in [-0.2, 0) is 4.74 Å². The van der Waals surface area contributed by atoms with Gasteiger partial charge in [-0.2, -0.15) is 5.10 Å². The van der Waals surface area contributed by atoms with E-state index in [-0.39, 0.29) is 34.3 Å². The van der Waals surface area contributed by atoms with Crippen LogP contribution >= 0.6 is 0 Å². The first kappa shape index (κ1) is 20.0. The number of ether oxygens (including phenoxy) is 1. The molecule has 0 saturated heterocycles. The molecule has 1 aromatic carbocycles. The lowest BCUT2D eigenvalue weighted by Gasteiger charge is -2.34. The maximum atomic E-state index is 12.6. The van der Waals surface area contributed by atoms with Gasteiger partial charge in [0.05, 0.1) is 17.1 Å².